The lowest BCUT2D eigenvalue weighted by molar-refractivity contribution is -0.383. The fourth-order valence-corrected chi connectivity index (χ4v) is 2.07. The maximum absolute atomic E-state index is 13.2. The van der Waals surface area contributed by atoms with E-state index in [2.05, 4.69) is 21.6 Å². The zero-order valence-electron chi connectivity index (χ0n) is 13.1. The predicted molar refractivity (Wildman–Crippen MR) is 76.6 cm³/mol. The molecule has 0 atom stereocenters. The molecule has 0 aliphatic heterocycles. The van der Waals surface area contributed by atoms with Gasteiger partial charge >= 0.3 is 18.4 Å². The van der Waals surface area contributed by atoms with E-state index < -0.39 is 58.1 Å². The van der Waals surface area contributed by atoms with Gasteiger partial charge in [0.25, 0.3) is 5.69 Å². The van der Waals surface area contributed by atoms with Crippen LogP contribution in [0.25, 0.3) is 11.0 Å². The minimum absolute atomic E-state index is 0.0354. The third-order valence-corrected chi connectivity index (χ3v) is 3.14. The van der Waals surface area contributed by atoms with Crippen molar-refractivity contribution in [3.63, 3.8) is 0 Å². The molecule has 2 aromatic rings. The lowest BCUT2D eigenvalue weighted by Crippen LogP contribution is -2.22. The standard InChI is InChI=1S/C14H7F6N3O4/c1-2-3-4-27-12(24)22-8-5-7(13(15,16)17)6-9(23(25)26)10(8)21-11(22)14(18,19)20/h5-6H,4H2,1H3. The Morgan fingerprint density at radius 2 is 1.89 bits per heavy atom. The van der Waals surface area contributed by atoms with Crippen LogP contribution in [0.15, 0.2) is 12.1 Å². The summed E-state index contributed by atoms with van der Waals surface area (Å²) < 4.78 is 82.7. The summed E-state index contributed by atoms with van der Waals surface area (Å²) in [4.78, 5) is 24.6. The Morgan fingerprint density at radius 3 is 2.37 bits per heavy atom. The van der Waals surface area contributed by atoms with Crippen molar-refractivity contribution >= 4 is 22.8 Å². The number of hydrogen-bond donors (Lipinski definition) is 0. The number of nitro benzene ring substituents is 1. The van der Waals surface area contributed by atoms with Crippen LogP contribution in [0.3, 0.4) is 0 Å². The summed E-state index contributed by atoms with van der Waals surface area (Å²) in [7, 11) is 0. The Hall–Kier alpha value is -3.30. The second-order valence-corrected chi connectivity index (χ2v) is 4.87. The van der Waals surface area contributed by atoms with Crippen molar-refractivity contribution in [3.8, 4) is 11.8 Å². The summed E-state index contributed by atoms with van der Waals surface area (Å²) in [5.74, 6) is 2.54. The van der Waals surface area contributed by atoms with E-state index in [1.54, 1.807) is 0 Å². The summed E-state index contributed by atoms with van der Waals surface area (Å²) in [5.41, 5.74) is -5.08. The van der Waals surface area contributed by atoms with Crippen molar-refractivity contribution in [3.05, 3.63) is 33.6 Å². The number of nitro groups is 1. The Balaban J connectivity index is 2.87. The van der Waals surface area contributed by atoms with Gasteiger partial charge < -0.3 is 4.74 Å². The summed E-state index contributed by atoms with van der Waals surface area (Å²) in [5, 5.41) is 11.0. The Labute approximate surface area is 145 Å². The molecule has 0 fully saturated rings. The summed E-state index contributed by atoms with van der Waals surface area (Å²) in [6.45, 7) is 0.702. The highest BCUT2D eigenvalue weighted by Gasteiger charge is 2.42. The number of non-ortho nitro benzene ring substituents is 1. The summed E-state index contributed by atoms with van der Waals surface area (Å²) >= 11 is 0. The van der Waals surface area contributed by atoms with Gasteiger partial charge in [-0.15, -0.1) is 5.92 Å². The minimum Gasteiger partial charge on any atom is -0.436 e. The van der Waals surface area contributed by atoms with Crippen LogP contribution in [0, 0.1) is 22.0 Å². The molecule has 1 aromatic carbocycles. The predicted octanol–water partition coefficient (Wildman–Crippen LogP) is 3.99. The molecule has 144 valence electrons. The van der Waals surface area contributed by atoms with Gasteiger partial charge in [-0.25, -0.2) is 14.3 Å². The third-order valence-electron chi connectivity index (χ3n) is 3.14. The van der Waals surface area contributed by atoms with Crippen molar-refractivity contribution in [1.82, 2.24) is 9.55 Å². The first-order valence-corrected chi connectivity index (χ1v) is 6.80. The van der Waals surface area contributed by atoms with Crippen molar-refractivity contribution < 1.29 is 40.8 Å². The van der Waals surface area contributed by atoms with Crippen molar-refractivity contribution in [2.24, 2.45) is 0 Å². The van der Waals surface area contributed by atoms with E-state index >= 15 is 0 Å². The van der Waals surface area contributed by atoms with E-state index in [9.17, 15) is 41.3 Å². The molecule has 13 heteroatoms. The zero-order valence-corrected chi connectivity index (χ0v) is 13.1. The van der Waals surface area contributed by atoms with E-state index in [0.717, 1.165) is 0 Å². The van der Waals surface area contributed by atoms with Gasteiger partial charge in [0.1, 0.15) is 0 Å². The number of carbonyl (C=O) groups is 1. The second-order valence-electron chi connectivity index (χ2n) is 4.87. The van der Waals surface area contributed by atoms with Gasteiger partial charge in [-0.3, -0.25) is 10.1 Å². The molecule has 0 N–H and O–H groups in total. The lowest BCUT2D eigenvalue weighted by Gasteiger charge is -2.10. The first kappa shape index (κ1) is 20.0. The molecular weight excluding hydrogens is 388 g/mol. The molecule has 0 spiro atoms. The van der Waals surface area contributed by atoms with Crippen molar-refractivity contribution in [2.75, 3.05) is 6.61 Å². The molecule has 0 saturated carbocycles. The van der Waals surface area contributed by atoms with Crippen LogP contribution in [0.2, 0.25) is 0 Å². The molecule has 0 radical (unpaired) electrons. The van der Waals surface area contributed by atoms with Gasteiger partial charge in [-0.05, 0) is 13.0 Å². The zero-order chi connectivity index (χ0) is 20.6. The number of ether oxygens (including phenoxy) is 1. The SMILES string of the molecule is CC#CCOC(=O)n1c(C(F)(F)F)nc2c([N+](=O)[O-])cc(C(F)(F)F)cc21. The van der Waals surface area contributed by atoms with Gasteiger partial charge in [-0.2, -0.15) is 26.3 Å². The molecule has 2 rings (SSSR count). The van der Waals surface area contributed by atoms with Gasteiger partial charge in [0.15, 0.2) is 12.1 Å². The van der Waals surface area contributed by atoms with Crippen LogP contribution in [-0.2, 0) is 17.1 Å². The molecule has 0 aliphatic rings. The Morgan fingerprint density at radius 1 is 1.26 bits per heavy atom. The van der Waals surface area contributed by atoms with Crippen LogP contribution >= 0.6 is 0 Å². The van der Waals surface area contributed by atoms with E-state index in [4.69, 9.17) is 0 Å². The largest absolute Gasteiger partial charge is 0.450 e. The van der Waals surface area contributed by atoms with Gasteiger partial charge in [0, 0.05) is 6.07 Å². The maximum atomic E-state index is 13.2. The normalized spacial score (nSPS) is 11.8. The topological polar surface area (TPSA) is 87.3 Å². The van der Waals surface area contributed by atoms with Crippen LogP contribution in [0.4, 0.5) is 36.8 Å². The monoisotopic (exact) mass is 395 g/mol. The van der Waals surface area contributed by atoms with E-state index in [0.29, 0.717) is 0 Å². The first-order valence-electron chi connectivity index (χ1n) is 6.80. The van der Waals surface area contributed by atoms with Gasteiger partial charge in [0.05, 0.1) is 16.0 Å². The molecule has 0 bridgehead atoms. The minimum atomic E-state index is -5.30. The molecule has 0 unspecified atom stereocenters. The van der Waals surface area contributed by atoms with Crippen LogP contribution in [-0.4, -0.2) is 27.2 Å². The number of fused-ring (bicyclic) bond motifs is 1. The second kappa shape index (κ2) is 6.78. The van der Waals surface area contributed by atoms with E-state index in [-0.39, 0.29) is 16.7 Å². The molecule has 1 heterocycles. The average molecular weight is 395 g/mol. The number of imidazole rings is 1. The van der Waals surface area contributed by atoms with E-state index in [1.807, 2.05) is 0 Å². The van der Waals surface area contributed by atoms with Crippen LogP contribution in [0.5, 0.6) is 0 Å². The van der Waals surface area contributed by atoms with Crippen LogP contribution in [0.1, 0.15) is 18.3 Å². The molecule has 7 nitrogen and oxygen atoms in total. The average Bonchev–Trinajstić information content (AvgIpc) is 2.92. The molecule has 0 saturated heterocycles. The van der Waals surface area contributed by atoms with Crippen molar-refractivity contribution in [1.29, 1.82) is 0 Å². The highest BCUT2D eigenvalue weighted by atomic mass is 19.4. The first-order chi connectivity index (χ1) is 12.4. The number of alkyl halides is 6. The van der Waals surface area contributed by atoms with Gasteiger partial charge in [0.2, 0.25) is 5.82 Å². The fourth-order valence-electron chi connectivity index (χ4n) is 2.07. The molecule has 0 aliphatic carbocycles. The quantitative estimate of drug-likeness (QED) is 0.332. The maximum Gasteiger partial charge on any atom is 0.450 e. The third kappa shape index (κ3) is 3.94. The Bertz CT molecular complexity index is 981. The number of halogens is 6. The molecule has 27 heavy (non-hydrogen) atoms. The number of benzene rings is 1. The number of aromatic nitrogens is 2. The summed E-state index contributed by atoms with van der Waals surface area (Å²) in [6.07, 6.45) is -12.2. The highest BCUT2D eigenvalue weighted by molar-refractivity contribution is 5.93. The molecule has 1 aromatic heterocycles. The number of nitrogens with zero attached hydrogens (tertiary/aromatic N) is 3. The number of rotatable bonds is 2. The van der Waals surface area contributed by atoms with Gasteiger partial charge in [-0.1, -0.05) is 5.92 Å². The fraction of sp³-hybridized carbons (Fsp3) is 0.286. The number of hydrogen-bond acceptors (Lipinski definition) is 5. The van der Waals surface area contributed by atoms with Crippen LogP contribution < -0.4 is 0 Å². The lowest BCUT2D eigenvalue weighted by atomic mass is 10.1. The highest BCUT2D eigenvalue weighted by Crippen LogP contribution is 2.39. The Kier molecular flexibility index (Phi) is 5.03. The van der Waals surface area contributed by atoms with Crippen molar-refractivity contribution in [2.45, 2.75) is 19.3 Å². The smallest absolute Gasteiger partial charge is 0.436 e. The summed E-state index contributed by atoms with van der Waals surface area (Å²) in [6, 6.07) is 0.186. The van der Waals surface area contributed by atoms with E-state index in [1.165, 1.54) is 6.92 Å². The molecular formula is C14H7F6N3O4. The molecule has 0 amide bonds. The number of carbonyl (C=O) groups excluding carboxylic acids is 1.